The van der Waals surface area contributed by atoms with E-state index in [9.17, 15) is 9.59 Å². The molecule has 0 spiro atoms. The Morgan fingerprint density at radius 1 is 1.28 bits per heavy atom. The molecule has 0 aliphatic heterocycles. The van der Waals surface area contributed by atoms with Gasteiger partial charge in [-0.2, -0.15) is 5.10 Å². The molecule has 0 aromatic carbocycles. The third kappa shape index (κ3) is 3.44. The zero-order chi connectivity index (χ0) is 18.2. The van der Waals surface area contributed by atoms with Crippen molar-refractivity contribution in [2.45, 2.75) is 77.3 Å². The van der Waals surface area contributed by atoms with E-state index in [1.165, 1.54) is 6.42 Å². The van der Waals surface area contributed by atoms with Crippen LogP contribution in [0.3, 0.4) is 0 Å². The van der Waals surface area contributed by atoms with Crippen LogP contribution in [0.4, 0.5) is 0 Å². The summed E-state index contributed by atoms with van der Waals surface area (Å²) in [6.45, 7) is 5.90. The molecular formula is C19H30N4O2. The van der Waals surface area contributed by atoms with Gasteiger partial charge in [0.1, 0.15) is 5.54 Å². The Hall–Kier alpha value is -1.85. The Morgan fingerprint density at radius 2 is 1.96 bits per heavy atom. The van der Waals surface area contributed by atoms with Crippen LogP contribution in [0.15, 0.2) is 0 Å². The highest BCUT2D eigenvalue weighted by Crippen LogP contribution is 2.37. The van der Waals surface area contributed by atoms with Crippen molar-refractivity contribution in [2.24, 2.45) is 13.0 Å². The molecule has 1 aromatic rings. The summed E-state index contributed by atoms with van der Waals surface area (Å²) in [5, 5.41) is 10.6. The van der Waals surface area contributed by atoms with E-state index in [1.807, 2.05) is 20.9 Å². The summed E-state index contributed by atoms with van der Waals surface area (Å²) in [5.41, 5.74) is 1.37. The molecule has 1 heterocycles. The van der Waals surface area contributed by atoms with Gasteiger partial charge in [-0.1, -0.05) is 26.2 Å². The van der Waals surface area contributed by atoms with Crippen molar-refractivity contribution in [3.05, 3.63) is 17.0 Å². The summed E-state index contributed by atoms with van der Waals surface area (Å²) < 4.78 is 1.71. The number of carbonyl (C=O) groups is 2. The van der Waals surface area contributed by atoms with E-state index in [-0.39, 0.29) is 11.8 Å². The molecule has 2 atom stereocenters. The molecule has 3 rings (SSSR count). The van der Waals surface area contributed by atoms with Gasteiger partial charge in [-0.05, 0) is 45.4 Å². The molecule has 25 heavy (non-hydrogen) atoms. The van der Waals surface area contributed by atoms with Crippen molar-refractivity contribution in [1.29, 1.82) is 0 Å². The first kappa shape index (κ1) is 18.0. The van der Waals surface area contributed by atoms with Crippen LogP contribution in [0.1, 0.15) is 73.6 Å². The Bertz CT molecular complexity index is 673. The molecule has 2 fully saturated rings. The lowest BCUT2D eigenvalue weighted by molar-refractivity contribution is -0.127. The fraction of sp³-hybridized carbons (Fsp3) is 0.737. The van der Waals surface area contributed by atoms with Crippen molar-refractivity contribution in [1.82, 2.24) is 20.4 Å². The maximum Gasteiger partial charge on any atom is 0.255 e. The Kier molecular flexibility index (Phi) is 4.89. The van der Waals surface area contributed by atoms with Crippen LogP contribution in [0, 0.1) is 19.8 Å². The van der Waals surface area contributed by atoms with Crippen LogP contribution >= 0.6 is 0 Å². The van der Waals surface area contributed by atoms with Crippen LogP contribution in [-0.2, 0) is 11.8 Å². The molecular weight excluding hydrogens is 316 g/mol. The number of nitrogens with zero attached hydrogens (tertiary/aromatic N) is 2. The largest absolute Gasteiger partial charge is 0.351 e. The Morgan fingerprint density at radius 3 is 2.52 bits per heavy atom. The van der Waals surface area contributed by atoms with E-state index in [0.29, 0.717) is 36.1 Å². The summed E-state index contributed by atoms with van der Waals surface area (Å²) in [4.78, 5) is 25.9. The quantitative estimate of drug-likeness (QED) is 0.830. The van der Waals surface area contributed by atoms with E-state index >= 15 is 0 Å². The van der Waals surface area contributed by atoms with E-state index in [4.69, 9.17) is 0 Å². The number of aromatic nitrogens is 2. The molecule has 0 bridgehead atoms. The molecule has 2 aliphatic carbocycles. The molecule has 0 saturated heterocycles. The third-order valence-corrected chi connectivity index (χ3v) is 5.88. The summed E-state index contributed by atoms with van der Waals surface area (Å²) >= 11 is 0. The first-order valence-electron chi connectivity index (χ1n) is 9.51. The van der Waals surface area contributed by atoms with Crippen molar-refractivity contribution in [2.75, 3.05) is 0 Å². The summed E-state index contributed by atoms with van der Waals surface area (Å²) in [6, 6.07) is 0.295. The number of nitrogens with one attached hydrogen (secondary N) is 2. The van der Waals surface area contributed by atoms with E-state index < -0.39 is 5.54 Å². The van der Waals surface area contributed by atoms with Gasteiger partial charge < -0.3 is 10.6 Å². The van der Waals surface area contributed by atoms with Gasteiger partial charge in [0, 0.05) is 18.8 Å². The topological polar surface area (TPSA) is 76.0 Å². The molecule has 138 valence electrons. The SMILES string of the molecule is CCC[C@H]1C[C@H]1NC(=O)C1(NC(=O)c2c(C)nn(C)c2C)CCCC1. The van der Waals surface area contributed by atoms with Gasteiger partial charge in [-0.3, -0.25) is 14.3 Å². The van der Waals surface area contributed by atoms with Crippen LogP contribution in [-0.4, -0.2) is 33.2 Å². The summed E-state index contributed by atoms with van der Waals surface area (Å²) in [6.07, 6.45) is 6.77. The lowest BCUT2D eigenvalue weighted by Crippen LogP contribution is -2.57. The number of carbonyl (C=O) groups excluding carboxylic acids is 2. The molecule has 1 aromatic heterocycles. The number of aryl methyl sites for hydroxylation is 2. The minimum absolute atomic E-state index is 0.00106. The van der Waals surface area contributed by atoms with Gasteiger partial charge in [0.05, 0.1) is 11.3 Å². The van der Waals surface area contributed by atoms with Crippen molar-refractivity contribution < 1.29 is 9.59 Å². The van der Waals surface area contributed by atoms with Crippen LogP contribution < -0.4 is 10.6 Å². The minimum Gasteiger partial charge on any atom is -0.351 e. The molecule has 2 saturated carbocycles. The predicted molar refractivity (Wildman–Crippen MR) is 96.3 cm³/mol. The lowest BCUT2D eigenvalue weighted by Gasteiger charge is -2.29. The zero-order valence-corrected chi connectivity index (χ0v) is 15.8. The number of hydrogen-bond donors (Lipinski definition) is 2. The van der Waals surface area contributed by atoms with E-state index in [2.05, 4.69) is 22.7 Å². The average Bonchev–Trinajstić information content (AvgIpc) is 2.99. The average molecular weight is 346 g/mol. The zero-order valence-electron chi connectivity index (χ0n) is 15.8. The van der Waals surface area contributed by atoms with Crippen molar-refractivity contribution in [3.63, 3.8) is 0 Å². The first-order valence-corrected chi connectivity index (χ1v) is 9.51. The Balaban J connectivity index is 1.72. The van der Waals surface area contributed by atoms with Gasteiger partial charge in [-0.25, -0.2) is 0 Å². The molecule has 2 N–H and O–H groups in total. The molecule has 6 heteroatoms. The summed E-state index contributed by atoms with van der Waals surface area (Å²) in [7, 11) is 1.83. The second kappa shape index (κ2) is 6.81. The second-order valence-electron chi connectivity index (χ2n) is 7.78. The number of hydrogen-bond acceptors (Lipinski definition) is 3. The third-order valence-electron chi connectivity index (χ3n) is 5.88. The van der Waals surface area contributed by atoms with Gasteiger partial charge in [-0.15, -0.1) is 0 Å². The lowest BCUT2D eigenvalue weighted by atomic mass is 9.95. The number of amides is 2. The molecule has 2 amide bonds. The minimum atomic E-state index is -0.759. The van der Waals surface area contributed by atoms with E-state index in [1.54, 1.807) is 4.68 Å². The fourth-order valence-electron chi connectivity index (χ4n) is 4.19. The van der Waals surface area contributed by atoms with Crippen LogP contribution in [0.25, 0.3) is 0 Å². The Labute approximate surface area is 149 Å². The highest BCUT2D eigenvalue weighted by molar-refractivity contribution is 6.01. The maximum absolute atomic E-state index is 13.0. The fourth-order valence-corrected chi connectivity index (χ4v) is 4.19. The van der Waals surface area contributed by atoms with Gasteiger partial charge >= 0.3 is 0 Å². The van der Waals surface area contributed by atoms with Crippen LogP contribution in [0.5, 0.6) is 0 Å². The normalized spacial score (nSPS) is 24.2. The standard InChI is InChI=1S/C19H30N4O2/c1-5-8-14-11-15(14)20-18(25)19(9-6-7-10-19)21-17(24)16-12(2)22-23(4)13(16)3/h14-15H,5-11H2,1-4H3,(H,20,25)(H,21,24)/t14-,15+/m0/s1. The smallest absolute Gasteiger partial charge is 0.255 e. The van der Waals surface area contributed by atoms with E-state index in [0.717, 1.165) is 31.4 Å². The van der Waals surface area contributed by atoms with Crippen LogP contribution in [0.2, 0.25) is 0 Å². The molecule has 0 radical (unpaired) electrons. The maximum atomic E-state index is 13.0. The molecule has 0 unspecified atom stereocenters. The summed E-state index contributed by atoms with van der Waals surface area (Å²) in [5.74, 6) is 0.438. The number of rotatable bonds is 6. The van der Waals surface area contributed by atoms with Gasteiger partial charge in [0.2, 0.25) is 5.91 Å². The molecule has 6 nitrogen and oxygen atoms in total. The molecule has 2 aliphatic rings. The first-order chi connectivity index (χ1) is 11.9. The highest BCUT2D eigenvalue weighted by atomic mass is 16.2. The van der Waals surface area contributed by atoms with Crippen molar-refractivity contribution >= 4 is 11.8 Å². The van der Waals surface area contributed by atoms with Crippen molar-refractivity contribution in [3.8, 4) is 0 Å². The monoisotopic (exact) mass is 346 g/mol. The highest BCUT2D eigenvalue weighted by Gasteiger charge is 2.46. The second-order valence-corrected chi connectivity index (χ2v) is 7.78. The van der Waals surface area contributed by atoms with Gasteiger partial charge in [0.15, 0.2) is 0 Å². The predicted octanol–water partition coefficient (Wildman–Crippen LogP) is 2.38. The van der Waals surface area contributed by atoms with Gasteiger partial charge in [0.25, 0.3) is 5.91 Å².